The number of ketones is 1. The number of Topliss-reactive ketones (excluding diaryl/α,β-unsaturated/α-hetero) is 1. The van der Waals surface area contributed by atoms with Crippen LogP contribution in [0.15, 0.2) is 0 Å². The van der Waals surface area contributed by atoms with E-state index in [1.165, 1.54) is 38.5 Å². The van der Waals surface area contributed by atoms with Crippen molar-refractivity contribution in [3.8, 4) is 0 Å². The molecule has 0 radical (unpaired) electrons. The molecule has 0 unspecified atom stereocenters. The van der Waals surface area contributed by atoms with Gasteiger partial charge in [-0.25, -0.2) is 0 Å². The summed E-state index contributed by atoms with van der Waals surface area (Å²) in [6.07, 6.45) is 9.56. The number of rotatable bonds is 4. The first kappa shape index (κ1) is 18.2. The highest BCUT2D eigenvalue weighted by molar-refractivity contribution is 6.84. The van der Waals surface area contributed by atoms with Gasteiger partial charge >= 0.3 is 0 Å². The third-order valence-corrected chi connectivity index (χ3v) is 15.4. The lowest BCUT2D eigenvalue weighted by atomic mass is 9.78. The van der Waals surface area contributed by atoms with Crippen molar-refractivity contribution in [1.29, 1.82) is 0 Å². The zero-order valence-corrected chi connectivity index (χ0v) is 16.9. The van der Waals surface area contributed by atoms with Crippen molar-refractivity contribution in [2.75, 3.05) is 0 Å². The molecule has 2 aliphatic rings. The third kappa shape index (κ3) is 2.85. The van der Waals surface area contributed by atoms with Crippen LogP contribution in [-0.2, 0) is 4.79 Å². The summed E-state index contributed by atoms with van der Waals surface area (Å²) in [5.41, 5.74) is 3.45. The summed E-state index contributed by atoms with van der Waals surface area (Å²) in [5, 5.41) is 0. The van der Waals surface area contributed by atoms with Gasteiger partial charge < -0.3 is 0 Å². The van der Waals surface area contributed by atoms with E-state index in [4.69, 9.17) is 0 Å². The van der Waals surface area contributed by atoms with Gasteiger partial charge in [0.25, 0.3) is 0 Å². The van der Waals surface area contributed by atoms with Crippen LogP contribution >= 0.6 is 0 Å². The average molecular weight is 323 g/mol. The van der Waals surface area contributed by atoms with Gasteiger partial charge in [0.1, 0.15) is 5.78 Å². The molecule has 2 aliphatic carbocycles. The van der Waals surface area contributed by atoms with Gasteiger partial charge in [-0.15, -0.1) is 0 Å². The molecular weight excluding hydrogens is 284 g/mol. The highest BCUT2D eigenvalue weighted by Crippen LogP contribution is 2.61. The highest BCUT2D eigenvalue weighted by Gasteiger charge is 2.55. The Hall–Kier alpha value is -0.113. The fourth-order valence-electron chi connectivity index (χ4n) is 6.78. The first-order chi connectivity index (χ1) is 10.3. The number of hydrogen-bond donors (Lipinski definition) is 0. The lowest BCUT2D eigenvalue weighted by Gasteiger charge is -2.48. The van der Waals surface area contributed by atoms with E-state index in [9.17, 15) is 4.79 Å². The molecule has 0 aromatic carbocycles. The lowest BCUT2D eigenvalue weighted by molar-refractivity contribution is -0.128. The third-order valence-electron chi connectivity index (χ3n) is 7.47. The second-order valence-corrected chi connectivity index (χ2v) is 15.4. The smallest absolute Gasteiger partial charge is 0.139 e. The van der Waals surface area contributed by atoms with Crippen LogP contribution in [0.1, 0.15) is 92.9 Å². The normalized spacial score (nSPS) is 30.8. The Labute approximate surface area is 139 Å². The number of carbonyl (C=O) groups is 1. The molecule has 2 heteroatoms. The SMILES string of the molecule is CC(C)[Si](C(C)C)(C(C)C)[C@@H]1CC[C@]2(CCCCCC2=O)C1. The van der Waals surface area contributed by atoms with Gasteiger partial charge in [-0.05, 0) is 31.2 Å². The quantitative estimate of drug-likeness (QED) is 0.524. The van der Waals surface area contributed by atoms with Crippen LogP contribution in [0.5, 0.6) is 0 Å². The molecule has 0 bridgehead atoms. The van der Waals surface area contributed by atoms with E-state index < -0.39 is 8.07 Å². The van der Waals surface area contributed by atoms with E-state index in [-0.39, 0.29) is 5.41 Å². The number of hydrogen-bond acceptors (Lipinski definition) is 1. The first-order valence-electron chi connectivity index (χ1n) is 9.80. The molecular formula is C20H38OSi. The van der Waals surface area contributed by atoms with Crippen molar-refractivity contribution in [3.05, 3.63) is 0 Å². The van der Waals surface area contributed by atoms with Gasteiger partial charge in [-0.1, -0.05) is 77.4 Å². The minimum absolute atomic E-state index is 0.0953. The topological polar surface area (TPSA) is 17.1 Å². The summed E-state index contributed by atoms with van der Waals surface area (Å²) in [4.78, 5) is 12.8. The van der Waals surface area contributed by atoms with Crippen LogP contribution in [-0.4, -0.2) is 13.9 Å². The fraction of sp³-hybridized carbons (Fsp3) is 0.950. The molecule has 0 saturated heterocycles. The van der Waals surface area contributed by atoms with Crippen LogP contribution in [0.3, 0.4) is 0 Å². The van der Waals surface area contributed by atoms with Crippen LogP contribution in [0.25, 0.3) is 0 Å². The molecule has 0 aromatic rings. The van der Waals surface area contributed by atoms with Crippen molar-refractivity contribution in [2.45, 2.75) is 115 Å². The second kappa shape index (κ2) is 6.79. The lowest BCUT2D eigenvalue weighted by Crippen LogP contribution is -2.48. The van der Waals surface area contributed by atoms with Gasteiger partial charge in [0.2, 0.25) is 0 Å². The Morgan fingerprint density at radius 1 is 0.909 bits per heavy atom. The predicted molar refractivity (Wildman–Crippen MR) is 99.2 cm³/mol. The maximum Gasteiger partial charge on any atom is 0.139 e. The molecule has 128 valence electrons. The minimum Gasteiger partial charge on any atom is -0.299 e. The zero-order valence-electron chi connectivity index (χ0n) is 15.9. The van der Waals surface area contributed by atoms with Crippen LogP contribution in [0.2, 0.25) is 22.2 Å². The van der Waals surface area contributed by atoms with E-state index in [0.29, 0.717) is 5.78 Å². The Balaban J connectivity index is 2.31. The Morgan fingerprint density at radius 3 is 2.05 bits per heavy atom. The summed E-state index contributed by atoms with van der Waals surface area (Å²) in [5.74, 6) is 0.631. The van der Waals surface area contributed by atoms with Crippen LogP contribution in [0.4, 0.5) is 0 Å². The molecule has 2 saturated carbocycles. The van der Waals surface area contributed by atoms with E-state index in [1.54, 1.807) is 0 Å². The highest BCUT2D eigenvalue weighted by atomic mass is 28.3. The maximum absolute atomic E-state index is 12.8. The zero-order chi connectivity index (χ0) is 16.5. The van der Waals surface area contributed by atoms with Gasteiger partial charge in [0.05, 0.1) is 8.07 Å². The Kier molecular flexibility index (Phi) is 5.62. The molecule has 0 aromatic heterocycles. The van der Waals surface area contributed by atoms with Gasteiger partial charge in [-0.3, -0.25) is 4.79 Å². The first-order valence-corrected chi connectivity index (χ1v) is 12.1. The molecule has 0 aliphatic heterocycles. The average Bonchev–Trinajstić information content (AvgIpc) is 2.74. The molecule has 2 fully saturated rings. The number of carbonyl (C=O) groups excluding carboxylic acids is 1. The molecule has 0 heterocycles. The molecule has 0 amide bonds. The fourth-order valence-corrected chi connectivity index (χ4v) is 15.0. The summed E-state index contributed by atoms with van der Waals surface area (Å²) >= 11 is 0. The van der Waals surface area contributed by atoms with E-state index in [0.717, 1.165) is 35.0 Å². The predicted octanol–water partition coefficient (Wildman–Crippen LogP) is 6.74. The van der Waals surface area contributed by atoms with Crippen molar-refractivity contribution < 1.29 is 4.79 Å². The molecule has 1 spiro atoms. The molecule has 22 heavy (non-hydrogen) atoms. The van der Waals surface area contributed by atoms with Gasteiger partial charge in [-0.2, -0.15) is 0 Å². The Morgan fingerprint density at radius 2 is 1.50 bits per heavy atom. The molecule has 1 nitrogen and oxygen atoms in total. The van der Waals surface area contributed by atoms with Crippen molar-refractivity contribution >= 4 is 13.9 Å². The van der Waals surface area contributed by atoms with Crippen LogP contribution in [0, 0.1) is 5.41 Å². The van der Waals surface area contributed by atoms with Gasteiger partial charge in [0.15, 0.2) is 0 Å². The van der Waals surface area contributed by atoms with E-state index in [1.807, 2.05) is 0 Å². The van der Waals surface area contributed by atoms with Crippen LogP contribution < -0.4 is 0 Å². The maximum atomic E-state index is 12.8. The Bertz CT molecular complexity index is 377. The van der Waals surface area contributed by atoms with Crippen molar-refractivity contribution in [2.24, 2.45) is 5.41 Å². The second-order valence-electron chi connectivity index (χ2n) is 9.17. The summed E-state index contributed by atoms with van der Waals surface area (Å²) in [6.45, 7) is 14.9. The molecule has 2 atom stereocenters. The summed E-state index contributed by atoms with van der Waals surface area (Å²) in [7, 11) is -1.40. The molecule has 2 rings (SSSR count). The largest absolute Gasteiger partial charge is 0.299 e. The monoisotopic (exact) mass is 322 g/mol. The summed E-state index contributed by atoms with van der Waals surface area (Å²) < 4.78 is 0. The van der Waals surface area contributed by atoms with Gasteiger partial charge in [0, 0.05) is 11.8 Å². The van der Waals surface area contributed by atoms with E-state index >= 15 is 0 Å². The molecule has 0 N–H and O–H groups in total. The summed E-state index contributed by atoms with van der Waals surface area (Å²) in [6, 6.07) is 0. The van der Waals surface area contributed by atoms with Crippen molar-refractivity contribution in [3.63, 3.8) is 0 Å². The van der Waals surface area contributed by atoms with Crippen molar-refractivity contribution in [1.82, 2.24) is 0 Å². The van der Waals surface area contributed by atoms with E-state index in [2.05, 4.69) is 41.5 Å². The minimum atomic E-state index is -1.40. The standard InChI is InChI=1S/C20H38OSi/c1-15(2)22(16(3)4,17(5)6)18-11-13-20(14-18)12-9-7-8-10-19(20)21/h15-18H,7-14H2,1-6H3/t18-,20-/m1/s1.